The van der Waals surface area contributed by atoms with Crippen molar-refractivity contribution < 1.29 is 14.3 Å². The molecule has 0 fully saturated rings. The van der Waals surface area contributed by atoms with Crippen molar-refractivity contribution in [3.63, 3.8) is 0 Å². The van der Waals surface area contributed by atoms with Gasteiger partial charge in [0.1, 0.15) is 5.76 Å². The molecule has 18 heavy (non-hydrogen) atoms. The zero-order valence-electron chi connectivity index (χ0n) is 9.97. The molecule has 7 heteroatoms. The molecule has 2 N–H and O–H groups in total. The topological polar surface area (TPSA) is 101 Å². The molecule has 0 saturated heterocycles. The summed E-state index contributed by atoms with van der Waals surface area (Å²) < 4.78 is 5.27. The fourth-order valence-electron chi connectivity index (χ4n) is 1.39. The average Bonchev–Trinajstić information content (AvgIpc) is 2.72. The Morgan fingerprint density at radius 1 is 1.44 bits per heavy atom. The van der Waals surface area contributed by atoms with Crippen LogP contribution in [0, 0.1) is 13.8 Å². The smallest absolute Gasteiger partial charge is 0.354 e. The van der Waals surface area contributed by atoms with Crippen molar-refractivity contribution in [2.24, 2.45) is 0 Å². The first kappa shape index (κ1) is 12.0. The number of nitrogens with one attached hydrogen (secondary N) is 1. The number of rotatable bonds is 4. The molecule has 0 aliphatic rings. The lowest BCUT2D eigenvalue weighted by molar-refractivity contribution is 0.0690. The van der Waals surface area contributed by atoms with Crippen LogP contribution in [0.1, 0.15) is 27.8 Å². The first-order valence-corrected chi connectivity index (χ1v) is 5.29. The number of anilines is 1. The summed E-state index contributed by atoms with van der Waals surface area (Å²) in [5, 5.41) is 11.7. The lowest BCUT2D eigenvalue weighted by Crippen LogP contribution is -2.09. The maximum Gasteiger partial charge on any atom is 0.354 e. The third kappa shape index (κ3) is 2.82. The van der Waals surface area contributed by atoms with Gasteiger partial charge in [-0.25, -0.2) is 19.7 Å². The van der Waals surface area contributed by atoms with Gasteiger partial charge in [0.2, 0.25) is 11.8 Å². The van der Waals surface area contributed by atoms with Gasteiger partial charge >= 0.3 is 5.97 Å². The molecule has 2 rings (SSSR count). The molecule has 7 nitrogen and oxygen atoms in total. The molecule has 0 aromatic carbocycles. The Hall–Kier alpha value is -2.44. The summed E-state index contributed by atoms with van der Waals surface area (Å²) in [6.45, 7) is 3.80. The maximum atomic E-state index is 10.8. The van der Waals surface area contributed by atoms with E-state index in [4.69, 9.17) is 9.52 Å². The Morgan fingerprint density at radius 3 is 2.83 bits per heavy atom. The van der Waals surface area contributed by atoms with Crippen molar-refractivity contribution in [1.29, 1.82) is 0 Å². The van der Waals surface area contributed by atoms with Crippen LogP contribution in [0.25, 0.3) is 0 Å². The van der Waals surface area contributed by atoms with Crippen LogP contribution < -0.4 is 5.32 Å². The highest BCUT2D eigenvalue weighted by molar-refractivity contribution is 5.85. The quantitative estimate of drug-likeness (QED) is 0.842. The number of nitrogens with zero attached hydrogens (tertiary/aromatic N) is 3. The number of aromatic carboxylic acids is 1. The molecule has 0 aliphatic heterocycles. The fraction of sp³-hybridized carbons (Fsp3) is 0.273. The summed E-state index contributed by atoms with van der Waals surface area (Å²) in [6.07, 6.45) is 1.61. The molecule has 0 bridgehead atoms. The van der Waals surface area contributed by atoms with Gasteiger partial charge in [0, 0.05) is 5.69 Å². The largest absolute Gasteiger partial charge is 0.477 e. The van der Waals surface area contributed by atoms with Crippen molar-refractivity contribution in [3.05, 3.63) is 35.3 Å². The van der Waals surface area contributed by atoms with Crippen molar-refractivity contribution in [3.8, 4) is 0 Å². The van der Waals surface area contributed by atoms with Crippen LogP contribution >= 0.6 is 0 Å². The van der Waals surface area contributed by atoms with Crippen LogP contribution in [0.5, 0.6) is 0 Å². The summed E-state index contributed by atoms with van der Waals surface area (Å²) in [5.41, 5.74) is 0.530. The molecule has 0 radical (unpaired) electrons. The lowest BCUT2D eigenvalue weighted by Gasteiger charge is -2.04. The second-order valence-corrected chi connectivity index (χ2v) is 3.74. The molecule has 0 spiro atoms. The number of aromatic nitrogens is 3. The molecule has 0 atom stereocenters. The summed E-state index contributed by atoms with van der Waals surface area (Å²) >= 11 is 0. The molecule has 2 aromatic rings. The number of carboxylic acids is 1. The molecule has 0 unspecified atom stereocenters. The van der Waals surface area contributed by atoms with Crippen LogP contribution in [0.15, 0.2) is 16.7 Å². The van der Waals surface area contributed by atoms with Crippen LogP contribution in [0.4, 0.5) is 5.95 Å². The minimum atomic E-state index is -1.09. The number of hydrogen-bond donors (Lipinski definition) is 2. The second-order valence-electron chi connectivity index (χ2n) is 3.74. The van der Waals surface area contributed by atoms with Crippen LogP contribution in [0.3, 0.4) is 0 Å². The van der Waals surface area contributed by atoms with Gasteiger partial charge in [0.25, 0.3) is 0 Å². The van der Waals surface area contributed by atoms with E-state index in [0.29, 0.717) is 23.9 Å². The Kier molecular flexibility index (Phi) is 3.22. The van der Waals surface area contributed by atoms with E-state index in [9.17, 15) is 4.79 Å². The third-order valence-electron chi connectivity index (χ3n) is 2.14. The van der Waals surface area contributed by atoms with E-state index in [2.05, 4.69) is 20.3 Å². The van der Waals surface area contributed by atoms with Gasteiger partial charge in [-0.2, -0.15) is 0 Å². The highest BCUT2D eigenvalue weighted by Gasteiger charge is 2.09. The van der Waals surface area contributed by atoms with Gasteiger partial charge < -0.3 is 14.8 Å². The Morgan fingerprint density at radius 2 is 2.22 bits per heavy atom. The van der Waals surface area contributed by atoms with Gasteiger partial charge in [-0.3, -0.25) is 0 Å². The van der Waals surface area contributed by atoms with Crippen molar-refractivity contribution >= 4 is 11.9 Å². The minimum absolute atomic E-state index is 0.0476. The predicted molar refractivity (Wildman–Crippen MR) is 62.3 cm³/mol. The first-order valence-electron chi connectivity index (χ1n) is 5.29. The molecule has 2 heterocycles. The van der Waals surface area contributed by atoms with Gasteiger partial charge in [-0.1, -0.05) is 0 Å². The molecule has 0 saturated carbocycles. The molecular weight excluding hydrogens is 236 g/mol. The van der Waals surface area contributed by atoms with Crippen molar-refractivity contribution in [1.82, 2.24) is 15.0 Å². The highest BCUT2D eigenvalue weighted by Crippen LogP contribution is 2.07. The number of oxazole rings is 1. The minimum Gasteiger partial charge on any atom is -0.477 e. The van der Waals surface area contributed by atoms with Gasteiger partial charge in [0.15, 0.2) is 5.69 Å². The molecule has 94 valence electrons. The van der Waals surface area contributed by atoms with Crippen LogP contribution in [-0.2, 0) is 6.54 Å². The number of carboxylic acid groups (broad SMARTS) is 1. The van der Waals surface area contributed by atoms with Gasteiger partial charge in [-0.15, -0.1) is 0 Å². The summed E-state index contributed by atoms with van der Waals surface area (Å²) in [4.78, 5) is 22.8. The average molecular weight is 248 g/mol. The normalized spacial score (nSPS) is 10.3. The van der Waals surface area contributed by atoms with E-state index in [-0.39, 0.29) is 11.6 Å². The fourth-order valence-corrected chi connectivity index (χ4v) is 1.39. The zero-order chi connectivity index (χ0) is 13.1. The van der Waals surface area contributed by atoms with E-state index in [1.54, 1.807) is 20.0 Å². The standard InChI is InChI=1S/C11H12N4O3/c1-6-3-8(10(16)17)15-11(14-6)13-5-9-12-4-7(2)18-9/h3-4H,5H2,1-2H3,(H,16,17)(H,13,14,15). The lowest BCUT2D eigenvalue weighted by atomic mass is 10.3. The molecular formula is C11H12N4O3. The highest BCUT2D eigenvalue weighted by atomic mass is 16.4. The summed E-state index contributed by atoms with van der Waals surface area (Å²) in [7, 11) is 0. The third-order valence-corrected chi connectivity index (χ3v) is 2.14. The second kappa shape index (κ2) is 4.82. The van der Waals surface area contributed by atoms with E-state index >= 15 is 0 Å². The van der Waals surface area contributed by atoms with Crippen molar-refractivity contribution in [2.75, 3.05) is 5.32 Å². The molecule has 2 aromatic heterocycles. The van der Waals surface area contributed by atoms with E-state index in [1.165, 1.54) is 6.07 Å². The van der Waals surface area contributed by atoms with Gasteiger partial charge in [-0.05, 0) is 19.9 Å². The monoisotopic (exact) mass is 248 g/mol. The SMILES string of the molecule is Cc1cc(C(=O)O)nc(NCc2ncc(C)o2)n1. The van der Waals surface area contributed by atoms with Crippen molar-refractivity contribution in [2.45, 2.75) is 20.4 Å². The maximum absolute atomic E-state index is 10.8. The predicted octanol–water partition coefficient (Wildman–Crippen LogP) is 1.39. The Bertz CT molecular complexity index is 579. The Balaban J connectivity index is 2.11. The number of carbonyl (C=O) groups is 1. The zero-order valence-corrected chi connectivity index (χ0v) is 9.97. The summed E-state index contributed by atoms with van der Waals surface area (Å²) in [5.74, 6) is 0.358. The van der Waals surface area contributed by atoms with E-state index in [1.807, 2.05) is 0 Å². The Labute approximate surface area is 103 Å². The first-order chi connectivity index (χ1) is 8.54. The molecule has 0 aliphatic carbocycles. The van der Waals surface area contributed by atoms with Gasteiger partial charge in [0.05, 0.1) is 12.7 Å². The number of hydrogen-bond acceptors (Lipinski definition) is 6. The summed E-state index contributed by atoms with van der Waals surface area (Å²) in [6, 6.07) is 1.41. The van der Waals surface area contributed by atoms with E-state index in [0.717, 1.165) is 0 Å². The van der Waals surface area contributed by atoms with Crippen LogP contribution in [0.2, 0.25) is 0 Å². The number of aryl methyl sites for hydroxylation is 2. The van der Waals surface area contributed by atoms with E-state index < -0.39 is 5.97 Å². The van der Waals surface area contributed by atoms with Crippen LogP contribution in [-0.4, -0.2) is 26.0 Å². The molecule has 0 amide bonds.